The van der Waals surface area contributed by atoms with Crippen LogP contribution in [0.2, 0.25) is 0 Å². The molecule has 0 unspecified atom stereocenters. The molecule has 8 heteroatoms. The van der Waals surface area contributed by atoms with Crippen LogP contribution in [0.4, 0.5) is 0 Å². The maximum Gasteiger partial charge on any atom is 0.761 e. The standard InChI is InChI=1S/C18H36O2.Al.Mg.H2O3Si.5H/c1-2-3-4-5-6-7-8-9-10-11-12-13-14-15-16-17-18(19)20;;;1-4(2)3;;;;;/h2-17H2,1H3,(H,19,20);;;1-2H;;;;;. The van der Waals surface area contributed by atoms with E-state index in [0.29, 0.717) is 6.42 Å². The Bertz CT molecular complexity index is 293. The molecule has 0 saturated heterocycles. The molecule has 0 aromatic carbocycles. The second-order valence-electron chi connectivity index (χ2n) is 6.38. The highest BCUT2D eigenvalue weighted by Crippen LogP contribution is 2.13. The first-order valence-electron chi connectivity index (χ1n) is 9.64. The third kappa shape index (κ3) is 44.1. The van der Waals surface area contributed by atoms with Crippen molar-refractivity contribution >= 4 is 55.6 Å². The molecule has 154 valence electrons. The van der Waals surface area contributed by atoms with Crippen molar-refractivity contribution in [2.45, 2.75) is 110 Å². The first kappa shape index (κ1) is 33.9. The fraction of sp³-hybridized carbons (Fsp3) is 0.944. The van der Waals surface area contributed by atoms with E-state index in [4.69, 9.17) is 19.2 Å². The van der Waals surface area contributed by atoms with Gasteiger partial charge >= 0.3 is 38.2 Å². The van der Waals surface area contributed by atoms with Crippen molar-refractivity contribution in [1.82, 2.24) is 0 Å². The van der Waals surface area contributed by atoms with Crippen molar-refractivity contribution in [2.24, 2.45) is 0 Å². The lowest BCUT2D eigenvalue weighted by Gasteiger charge is -2.03. The van der Waals surface area contributed by atoms with E-state index in [2.05, 4.69) is 6.92 Å². The van der Waals surface area contributed by atoms with Gasteiger partial charge in [-0.3, -0.25) is 9.26 Å². The molecule has 0 heterocycles. The van der Waals surface area contributed by atoms with Gasteiger partial charge in [-0.25, -0.2) is 0 Å². The third-order valence-corrected chi connectivity index (χ3v) is 3.99. The van der Waals surface area contributed by atoms with E-state index in [1.54, 1.807) is 0 Å². The molecule has 0 amide bonds. The van der Waals surface area contributed by atoms with Gasteiger partial charge in [0, 0.05) is 6.42 Å². The Hall–Kier alpha value is 0.386. The average Bonchev–Trinajstić information content (AvgIpc) is 2.50. The summed E-state index contributed by atoms with van der Waals surface area (Å²) in [5.74, 6) is -0.653. The molecule has 3 N–H and O–H groups in total. The second-order valence-corrected chi connectivity index (χ2v) is 6.94. The van der Waals surface area contributed by atoms with Crippen LogP contribution in [0.15, 0.2) is 0 Å². The summed E-state index contributed by atoms with van der Waals surface area (Å²) in [6, 6.07) is 0. The number of unbranched alkanes of at least 4 members (excludes halogenated alkanes) is 14. The minimum atomic E-state index is -3.13. The van der Waals surface area contributed by atoms with Crippen LogP contribution in [-0.2, 0) is 9.26 Å². The topological polar surface area (TPSA) is 94.8 Å². The number of carbonyl (C=O) groups is 1. The highest BCUT2D eigenvalue weighted by Gasteiger charge is 1.97. The van der Waals surface area contributed by atoms with E-state index in [1.807, 2.05) is 0 Å². The van der Waals surface area contributed by atoms with Gasteiger partial charge in [0.15, 0.2) is 17.4 Å². The summed E-state index contributed by atoms with van der Waals surface area (Å²) >= 11 is 0. The molecular weight excluding hydrogens is 376 g/mol. The number of rotatable bonds is 16. The normalized spacial score (nSPS) is 9.27. The fourth-order valence-electron chi connectivity index (χ4n) is 2.65. The Labute approximate surface area is 188 Å². The molecule has 0 aliphatic rings. The monoisotopic (exact) mass is 418 g/mol. The molecule has 0 aliphatic carbocycles. The molecule has 0 aromatic heterocycles. The van der Waals surface area contributed by atoms with E-state index >= 15 is 0 Å². The van der Waals surface area contributed by atoms with Crippen LogP contribution in [0.25, 0.3) is 0 Å². The van der Waals surface area contributed by atoms with Crippen molar-refractivity contribution in [1.29, 1.82) is 0 Å². The molecule has 0 bridgehead atoms. The summed E-state index contributed by atoms with van der Waals surface area (Å²) in [7, 11) is -3.13. The fourth-order valence-corrected chi connectivity index (χ4v) is 2.65. The van der Waals surface area contributed by atoms with Crippen LogP contribution in [0.5, 0.6) is 0 Å². The van der Waals surface area contributed by atoms with E-state index in [-0.39, 0.29) is 40.4 Å². The molecule has 0 aromatic rings. The number of aliphatic carboxylic acids is 1. The average molecular weight is 419 g/mol. The molecular formula is C18H43AlMgO5Si. The molecule has 0 aliphatic heterocycles. The Balaban J connectivity index is -0.000000363. The molecule has 0 fully saturated rings. The molecule has 0 atom stereocenters. The van der Waals surface area contributed by atoms with Crippen molar-refractivity contribution in [3.05, 3.63) is 0 Å². The highest BCUT2D eigenvalue weighted by atomic mass is 28.3. The van der Waals surface area contributed by atoms with Crippen LogP contribution in [0, 0.1) is 0 Å². The second kappa shape index (κ2) is 30.1. The summed E-state index contributed by atoms with van der Waals surface area (Å²) in [5, 5.41) is 8.52. The number of carboxylic acids is 1. The minimum Gasteiger partial charge on any atom is -0.511 e. The predicted molar refractivity (Wildman–Crippen MR) is 117 cm³/mol. The summed E-state index contributed by atoms with van der Waals surface area (Å²) < 4.78 is 8.74. The Kier molecular flexibility index (Phi) is 39.3. The van der Waals surface area contributed by atoms with Crippen molar-refractivity contribution in [3.8, 4) is 0 Å². The van der Waals surface area contributed by atoms with Gasteiger partial charge in [0.25, 0.3) is 0 Å². The Morgan fingerprint density at radius 1 is 0.692 bits per heavy atom. The highest BCUT2D eigenvalue weighted by molar-refractivity contribution is 6.22. The van der Waals surface area contributed by atoms with E-state index < -0.39 is 15.1 Å². The summed E-state index contributed by atoms with van der Waals surface area (Å²) in [4.78, 5) is 24.6. The quantitative estimate of drug-likeness (QED) is 0.264. The number of hydrogen-bond acceptors (Lipinski definition) is 2. The van der Waals surface area contributed by atoms with Crippen LogP contribution in [0.3, 0.4) is 0 Å². The number of carboxylic acid groups (broad SMARTS) is 1. The van der Waals surface area contributed by atoms with Gasteiger partial charge < -0.3 is 14.7 Å². The lowest BCUT2D eigenvalue weighted by molar-refractivity contribution is -0.137. The van der Waals surface area contributed by atoms with Gasteiger partial charge in [-0.05, 0) is 6.42 Å². The van der Waals surface area contributed by atoms with Gasteiger partial charge in [0.05, 0.1) is 0 Å². The summed E-state index contributed by atoms with van der Waals surface area (Å²) in [6.45, 7) is 2.27. The van der Waals surface area contributed by atoms with E-state index in [0.717, 1.165) is 12.8 Å². The van der Waals surface area contributed by atoms with E-state index in [9.17, 15) is 4.79 Å². The van der Waals surface area contributed by atoms with Crippen LogP contribution in [0.1, 0.15) is 110 Å². The predicted octanol–water partition coefficient (Wildman–Crippen LogP) is 2.62. The van der Waals surface area contributed by atoms with Gasteiger partial charge in [-0.15, -0.1) is 0 Å². The first-order chi connectivity index (χ1) is 11.5. The largest absolute Gasteiger partial charge is 0.761 e. The summed E-state index contributed by atoms with van der Waals surface area (Å²) in [5.41, 5.74) is 0. The molecule has 26 heavy (non-hydrogen) atoms. The summed E-state index contributed by atoms with van der Waals surface area (Å²) in [6.07, 6.45) is 20.2. The maximum absolute atomic E-state index is 10.3. The van der Waals surface area contributed by atoms with Crippen molar-refractivity contribution in [2.75, 3.05) is 0 Å². The molecule has 5 nitrogen and oxygen atoms in total. The van der Waals surface area contributed by atoms with Crippen molar-refractivity contribution in [3.63, 3.8) is 0 Å². The number of hydrogen-bond donors (Lipinski definition) is 3. The zero-order valence-corrected chi connectivity index (χ0v) is 16.5. The van der Waals surface area contributed by atoms with Gasteiger partial charge in [0.2, 0.25) is 0 Å². The first-order valence-corrected chi connectivity index (χ1v) is 10.9. The van der Waals surface area contributed by atoms with Gasteiger partial charge in [-0.1, -0.05) is 96.8 Å². The van der Waals surface area contributed by atoms with Gasteiger partial charge in [-0.2, -0.15) is 0 Å². The lowest BCUT2D eigenvalue weighted by Crippen LogP contribution is -1.93. The maximum atomic E-state index is 10.3. The molecule has 0 spiro atoms. The SMILES string of the molecule is CCCCCCCCCCCCCCCCCC(=O)O.O=[Si](O)O.[AlH3].[MgH2]. The molecule has 0 saturated carbocycles. The van der Waals surface area contributed by atoms with Gasteiger partial charge in [0.1, 0.15) is 0 Å². The Morgan fingerprint density at radius 3 is 1.15 bits per heavy atom. The zero-order valence-electron chi connectivity index (χ0n) is 15.5. The molecule has 0 rings (SSSR count). The zero-order chi connectivity index (χ0) is 18.5. The van der Waals surface area contributed by atoms with Crippen LogP contribution in [-0.4, -0.2) is 70.3 Å². The van der Waals surface area contributed by atoms with Crippen molar-refractivity contribution < 1.29 is 24.0 Å². The third-order valence-electron chi connectivity index (χ3n) is 3.99. The van der Waals surface area contributed by atoms with E-state index in [1.165, 1.54) is 83.5 Å². The minimum absolute atomic E-state index is 0. The molecule has 0 radical (unpaired) electrons. The Morgan fingerprint density at radius 2 is 0.923 bits per heavy atom. The van der Waals surface area contributed by atoms with Crippen LogP contribution < -0.4 is 0 Å². The van der Waals surface area contributed by atoms with Crippen LogP contribution >= 0.6 is 0 Å². The lowest BCUT2D eigenvalue weighted by atomic mass is 10.0. The smallest absolute Gasteiger partial charge is 0.511 e.